The van der Waals surface area contributed by atoms with Gasteiger partial charge in [0.1, 0.15) is 5.75 Å². The molecule has 12 heteroatoms. The lowest BCUT2D eigenvalue weighted by molar-refractivity contribution is -0.202. The lowest BCUT2D eigenvalue weighted by Gasteiger charge is -2.34. The quantitative estimate of drug-likeness (QED) is 0.165. The molecule has 2 bridgehead atoms. The van der Waals surface area contributed by atoms with E-state index in [1.54, 1.807) is 11.8 Å². The van der Waals surface area contributed by atoms with Gasteiger partial charge < -0.3 is 4.18 Å². The van der Waals surface area contributed by atoms with Gasteiger partial charge in [-0.15, -0.1) is 0 Å². The van der Waals surface area contributed by atoms with Crippen molar-refractivity contribution in [2.24, 2.45) is 17.8 Å². The van der Waals surface area contributed by atoms with Crippen molar-refractivity contribution in [3.63, 3.8) is 0 Å². The van der Waals surface area contributed by atoms with E-state index in [1.165, 1.54) is 9.79 Å². The molecule has 0 saturated heterocycles. The maximum Gasteiger partial charge on any atom is 0.442 e. The van der Waals surface area contributed by atoms with E-state index >= 15 is 0 Å². The number of benzene rings is 3. The molecule has 3 aliphatic rings. The van der Waals surface area contributed by atoms with Gasteiger partial charge in [0.15, 0.2) is 9.84 Å². The molecule has 5 nitrogen and oxygen atoms in total. The highest BCUT2D eigenvalue weighted by Crippen LogP contribution is 2.58. The second-order valence-electron chi connectivity index (χ2n) is 12.0. The highest BCUT2D eigenvalue weighted by Gasteiger charge is 2.72. The second-order valence-corrected chi connectivity index (χ2v) is 16.9. The first-order valence-electron chi connectivity index (χ1n) is 15.1. The largest absolute Gasteiger partial charge is 0.442 e. The molecule has 6 rings (SSSR count). The lowest BCUT2D eigenvalue weighted by Crippen LogP contribution is -2.54. The molecule has 0 heterocycles. The molecule has 3 aromatic carbocycles. The van der Waals surface area contributed by atoms with Gasteiger partial charge in [0.05, 0.1) is 10.1 Å². The van der Waals surface area contributed by atoms with E-state index in [2.05, 4.69) is 52.7 Å². The summed E-state index contributed by atoms with van der Waals surface area (Å²) >= 11 is 1.79. The number of alkyl halides is 4. The Morgan fingerprint density at radius 3 is 1.71 bits per heavy atom. The third-order valence-corrected chi connectivity index (χ3v) is 13.6. The lowest BCUT2D eigenvalue weighted by atomic mass is 9.84. The van der Waals surface area contributed by atoms with Gasteiger partial charge in [-0.25, -0.2) is 8.42 Å². The summed E-state index contributed by atoms with van der Waals surface area (Å²) in [6.07, 6.45) is 4.92. The molecule has 3 aromatic rings. The van der Waals surface area contributed by atoms with E-state index in [-0.39, 0.29) is 17.2 Å². The summed E-state index contributed by atoms with van der Waals surface area (Å²) in [7, 11) is -9.69. The Morgan fingerprint density at radius 2 is 1.22 bits per heavy atom. The minimum atomic E-state index is -6.03. The van der Waals surface area contributed by atoms with Gasteiger partial charge in [-0.05, 0) is 92.5 Å². The van der Waals surface area contributed by atoms with Crippen LogP contribution >= 0.6 is 11.8 Å². The molecule has 3 atom stereocenters. The first-order valence-corrected chi connectivity index (χ1v) is 18.9. The molecule has 0 spiro atoms. The van der Waals surface area contributed by atoms with Crippen molar-refractivity contribution < 1.29 is 38.6 Å². The van der Waals surface area contributed by atoms with Crippen molar-refractivity contribution in [3.8, 4) is 5.75 Å². The Hall–Kier alpha value is -2.57. The third kappa shape index (κ3) is 7.38. The smallest absolute Gasteiger partial charge is 0.378 e. The van der Waals surface area contributed by atoms with Crippen LogP contribution in [0.2, 0.25) is 0 Å². The average Bonchev–Trinajstić information content (AvgIpc) is 3.68. The number of halogens is 4. The van der Waals surface area contributed by atoms with E-state index in [0.29, 0.717) is 32.1 Å². The minimum Gasteiger partial charge on any atom is -0.378 e. The van der Waals surface area contributed by atoms with Crippen LogP contribution in [-0.2, 0) is 20.0 Å². The SMILES string of the molecule is O=S(=O)(c1ccc(OS(=O)(=O)C(F)(F)C(F)(F)C2CC3CCC2C3)cc1)C1CCCCC1.c1ccc(Sc2ccccc2)cc1. The highest BCUT2D eigenvalue weighted by molar-refractivity contribution is 7.99. The van der Waals surface area contributed by atoms with Gasteiger partial charge in [0.25, 0.3) is 0 Å². The highest BCUT2D eigenvalue weighted by atomic mass is 32.2. The van der Waals surface area contributed by atoms with Gasteiger partial charge in [0.2, 0.25) is 0 Å². The zero-order chi connectivity index (χ0) is 32.3. The zero-order valence-corrected chi connectivity index (χ0v) is 27.0. The van der Waals surface area contributed by atoms with Crippen LogP contribution in [0.4, 0.5) is 17.6 Å². The van der Waals surface area contributed by atoms with E-state index in [0.717, 1.165) is 43.5 Å². The molecule has 244 valence electrons. The molecule has 45 heavy (non-hydrogen) atoms. The van der Waals surface area contributed by atoms with E-state index < -0.39 is 54.0 Å². The maximum absolute atomic E-state index is 14.7. The topological polar surface area (TPSA) is 77.5 Å². The monoisotopic (exact) mass is 684 g/mol. The molecule has 3 aliphatic carbocycles. The fourth-order valence-electron chi connectivity index (χ4n) is 6.62. The van der Waals surface area contributed by atoms with Crippen LogP contribution in [-0.4, -0.2) is 33.3 Å². The van der Waals surface area contributed by atoms with Crippen LogP contribution in [0.25, 0.3) is 0 Å². The molecule has 0 radical (unpaired) electrons. The molecule has 0 aromatic heterocycles. The summed E-state index contributed by atoms with van der Waals surface area (Å²) in [5.74, 6) is -7.82. The third-order valence-electron chi connectivity index (χ3n) is 8.98. The summed E-state index contributed by atoms with van der Waals surface area (Å²) < 4.78 is 113. The Morgan fingerprint density at radius 1 is 0.667 bits per heavy atom. The van der Waals surface area contributed by atoms with Crippen molar-refractivity contribution in [3.05, 3.63) is 84.9 Å². The van der Waals surface area contributed by atoms with Crippen LogP contribution in [0, 0.1) is 17.8 Å². The second kappa shape index (κ2) is 13.7. The van der Waals surface area contributed by atoms with E-state index in [1.807, 2.05) is 12.1 Å². The molecule has 3 fully saturated rings. The first kappa shape index (κ1) is 33.8. The summed E-state index contributed by atoms with van der Waals surface area (Å²) in [6, 6.07) is 24.7. The van der Waals surface area contributed by atoms with Gasteiger partial charge >= 0.3 is 21.3 Å². The Bertz CT molecular complexity index is 1590. The molecule has 3 saturated carbocycles. The first-order chi connectivity index (χ1) is 21.3. The van der Waals surface area contributed by atoms with Crippen molar-refractivity contribution in [1.29, 1.82) is 0 Å². The molecule has 0 N–H and O–H groups in total. The van der Waals surface area contributed by atoms with Crippen LogP contribution in [0.3, 0.4) is 0 Å². The molecule has 0 amide bonds. The van der Waals surface area contributed by atoms with Crippen molar-refractivity contribution in [1.82, 2.24) is 0 Å². The van der Waals surface area contributed by atoms with Gasteiger partial charge in [0, 0.05) is 15.7 Å². The van der Waals surface area contributed by atoms with Gasteiger partial charge in [-0.1, -0.05) is 73.8 Å². The van der Waals surface area contributed by atoms with Crippen molar-refractivity contribution >= 4 is 31.7 Å². The van der Waals surface area contributed by atoms with Crippen LogP contribution in [0.5, 0.6) is 5.75 Å². The average molecular weight is 685 g/mol. The standard InChI is InChI=1S/C21H26F4O5S2.C12H10S/c22-20(23,19-13-14-6-7-15(19)12-14)21(24,25)32(28,29)30-16-8-10-18(11-9-16)31(26,27)17-4-2-1-3-5-17;1-3-7-11(8-4-1)13-12-9-5-2-6-10-12/h8-11,14-15,17,19H,1-7,12-13H2;1-10H. The molecular formula is C33H36F4O5S3. The number of rotatable bonds is 9. The Kier molecular flexibility index (Phi) is 10.2. The minimum absolute atomic E-state index is 0.0750. The molecule has 0 aliphatic heterocycles. The fraction of sp³-hybridized carbons (Fsp3) is 0.455. The summed E-state index contributed by atoms with van der Waals surface area (Å²) in [5, 5.41) is -5.97. The van der Waals surface area contributed by atoms with Crippen LogP contribution in [0.15, 0.2) is 99.6 Å². The van der Waals surface area contributed by atoms with Gasteiger partial charge in [-0.2, -0.15) is 26.0 Å². The summed E-state index contributed by atoms with van der Waals surface area (Å²) in [4.78, 5) is 2.48. The molecular weight excluding hydrogens is 649 g/mol. The predicted molar refractivity (Wildman–Crippen MR) is 166 cm³/mol. The van der Waals surface area contributed by atoms with E-state index in [9.17, 15) is 34.4 Å². The van der Waals surface area contributed by atoms with Crippen molar-refractivity contribution in [2.45, 2.75) is 88.9 Å². The normalized spacial score (nSPS) is 22.4. The fourth-order valence-corrected chi connectivity index (χ4v) is 10.3. The number of hydrogen-bond donors (Lipinski definition) is 0. The van der Waals surface area contributed by atoms with Crippen LogP contribution < -0.4 is 4.18 Å². The van der Waals surface area contributed by atoms with Crippen LogP contribution in [0.1, 0.15) is 57.8 Å². The number of hydrogen-bond acceptors (Lipinski definition) is 6. The zero-order valence-electron chi connectivity index (χ0n) is 24.5. The predicted octanol–water partition coefficient (Wildman–Crippen LogP) is 9.00. The Labute approximate surface area is 266 Å². The van der Waals surface area contributed by atoms with E-state index in [4.69, 9.17) is 0 Å². The maximum atomic E-state index is 14.7. The van der Waals surface area contributed by atoms with Gasteiger partial charge in [-0.3, -0.25) is 0 Å². The summed E-state index contributed by atoms with van der Waals surface area (Å²) in [6.45, 7) is 0. The number of sulfone groups is 1. The summed E-state index contributed by atoms with van der Waals surface area (Å²) in [5.41, 5.74) is 0. The molecule has 3 unspecified atom stereocenters. The van der Waals surface area contributed by atoms with Crippen molar-refractivity contribution in [2.75, 3.05) is 0 Å². The number of fused-ring (bicyclic) bond motifs is 2. The Balaban J connectivity index is 0.000000256.